The Labute approximate surface area is 50.0 Å². The van der Waals surface area contributed by atoms with E-state index in [1.807, 2.05) is 19.1 Å². The van der Waals surface area contributed by atoms with E-state index in [1.54, 1.807) is 6.92 Å². The molecule has 0 N–H and O–H groups in total. The smallest absolute Gasteiger partial charge is 0.119 e. The molecule has 0 amide bonds. The third-order valence-electron chi connectivity index (χ3n) is 0.564. The molecule has 0 heterocycles. The summed E-state index contributed by atoms with van der Waals surface area (Å²) < 4.78 is 0. The summed E-state index contributed by atoms with van der Waals surface area (Å²) >= 11 is 0. The highest BCUT2D eigenvalue weighted by Crippen LogP contribution is 1.81. The van der Waals surface area contributed by atoms with E-state index in [4.69, 9.17) is 0 Å². The van der Waals surface area contributed by atoms with Crippen molar-refractivity contribution in [3.8, 4) is 0 Å². The van der Waals surface area contributed by atoms with Gasteiger partial charge in [0.1, 0.15) is 13.2 Å². The molecule has 1 radical (unpaired) electrons. The Bertz CT molecular complexity index is 59.5. The van der Waals surface area contributed by atoms with Gasteiger partial charge in [0.2, 0.25) is 0 Å². The molecule has 0 rings (SSSR count). The summed E-state index contributed by atoms with van der Waals surface area (Å²) in [6.45, 7) is 5.69. The highest BCUT2D eigenvalue weighted by atomic mass is 17.2. The Morgan fingerprint density at radius 1 is 1.38 bits per heavy atom. The number of hydrogen-bond acceptors (Lipinski definition) is 2. The second-order valence-corrected chi connectivity index (χ2v) is 1.19. The number of rotatable bonds is 4. The van der Waals surface area contributed by atoms with Crippen molar-refractivity contribution in [3.63, 3.8) is 0 Å². The van der Waals surface area contributed by atoms with Crippen LogP contribution < -0.4 is 0 Å². The van der Waals surface area contributed by atoms with Crippen molar-refractivity contribution in [2.75, 3.05) is 6.61 Å². The van der Waals surface area contributed by atoms with Crippen LogP contribution in [0.4, 0.5) is 0 Å². The molecule has 0 aliphatic carbocycles. The highest BCUT2D eigenvalue weighted by molar-refractivity contribution is 4.75. The van der Waals surface area contributed by atoms with Crippen molar-refractivity contribution in [1.82, 2.24) is 0 Å². The average Bonchev–Trinajstić information content (AvgIpc) is 1.81. The Morgan fingerprint density at radius 3 is 2.62 bits per heavy atom. The van der Waals surface area contributed by atoms with Gasteiger partial charge in [-0.3, -0.25) is 0 Å². The van der Waals surface area contributed by atoms with Crippen LogP contribution in [0.15, 0.2) is 12.2 Å². The molecular formula is C6H11O2. The van der Waals surface area contributed by atoms with Gasteiger partial charge in [-0.1, -0.05) is 12.2 Å². The van der Waals surface area contributed by atoms with Crippen LogP contribution >= 0.6 is 0 Å². The lowest BCUT2D eigenvalue weighted by molar-refractivity contribution is -0.257. The van der Waals surface area contributed by atoms with Crippen molar-refractivity contribution in [3.05, 3.63) is 18.8 Å². The molecule has 0 unspecified atom stereocenters. The Kier molecular flexibility index (Phi) is 6.38. The van der Waals surface area contributed by atoms with Gasteiger partial charge in [0.25, 0.3) is 0 Å². The minimum Gasteiger partial charge on any atom is -0.232 e. The molecule has 0 saturated carbocycles. The van der Waals surface area contributed by atoms with Gasteiger partial charge in [-0.2, -0.15) is 0 Å². The third kappa shape index (κ3) is 5.66. The topological polar surface area (TPSA) is 18.5 Å². The molecule has 2 nitrogen and oxygen atoms in total. The van der Waals surface area contributed by atoms with E-state index in [2.05, 4.69) is 9.78 Å². The van der Waals surface area contributed by atoms with Crippen molar-refractivity contribution < 1.29 is 9.78 Å². The fourth-order valence-corrected chi connectivity index (χ4v) is 0.243. The largest absolute Gasteiger partial charge is 0.232 e. The zero-order chi connectivity index (χ0) is 6.24. The molecule has 0 bridgehead atoms. The summed E-state index contributed by atoms with van der Waals surface area (Å²) in [5, 5.41) is 0. The molecule has 0 aromatic heterocycles. The lowest BCUT2D eigenvalue weighted by Gasteiger charge is -1.93. The molecule has 2 heteroatoms. The van der Waals surface area contributed by atoms with E-state index >= 15 is 0 Å². The van der Waals surface area contributed by atoms with Gasteiger partial charge in [-0.05, 0) is 13.8 Å². The summed E-state index contributed by atoms with van der Waals surface area (Å²) in [4.78, 5) is 9.04. The quantitative estimate of drug-likeness (QED) is 0.240. The lowest BCUT2D eigenvalue weighted by atomic mass is 10.6. The minimum absolute atomic E-state index is 0.515. The zero-order valence-corrected chi connectivity index (χ0v) is 5.26. The second kappa shape index (κ2) is 6.66. The van der Waals surface area contributed by atoms with E-state index in [0.717, 1.165) is 0 Å². The molecule has 0 aliphatic heterocycles. The Balaban J connectivity index is 2.72. The van der Waals surface area contributed by atoms with Gasteiger partial charge in [-0.15, -0.1) is 0 Å². The van der Waals surface area contributed by atoms with E-state index in [-0.39, 0.29) is 0 Å². The maximum atomic E-state index is 4.58. The summed E-state index contributed by atoms with van der Waals surface area (Å²) in [6.07, 6.45) is 3.77. The molecule has 0 aromatic rings. The van der Waals surface area contributed by atoms with Crippen LogP contribution in [-0.2, 0) is 9.78 Å². The van der Waals surface area contributed by atoms with Gasteiger partial charge in [0.05, 0.1) is 0 Å². The van der Waals surface area contributed by atoms with Gasteiger partial charge >= 0.3 is 0 Å². The molecule has 47 valence electrons. The van der Waals surface area contributed by atoms with E-state index in [1.165, 1.54) is 6.61 Å². The molecule has 0 spiro atoms. The van der Waals surface area contributed by atoms with Crippen molar-refractivity contribution in [1.29, 1.82) is 0 Å². The van der Waals surface area contributed by atoms with Crippen molar-refractivity contribution >= 4 is 0 Å². The summed E-state index contributed by atoms with van der Waals surface area (Å²) in [5.41, 5.74) is 0. The van der Waals surface area contributed by atoms with Crippen LogP contribution in [0, 0.1) is 6.61 Å². The SMILES string of the molecule is C[CH]OOCC=CC. The predicted octanol–water partition coefficient (Wildman–Crippen LogP) is 1.69. The van der Waals surface area contributed by atoms with Crippen LogP contribution in [0.3, 0.4) is 0 Å². The zero-order valence-electron chi connectivity index (χ0n) is 5.26. The van der Waals surface area contributed by atoms with Crippen molar-refractivity contribution in [2.24, 2.45) is 0 Å². The van der Waals surface area contributed by atoms with Crippen LogP contribution in [0.5, 0.6) is 0 Å². The van der Waals surface area contributed by atoms with Gasteiger partial charge < -0.3 is 0 Å². The normalized spacial score (nSPS) is 10.8. The maximum absolute atomic E-state index is 4.58. The van der Waals surface area contributed by atoms with Crippen LogP contribution in [0.2, 0.25) is 0 Å². The highest BCUT2D eigenvalue weighted by Gasteiger charge is 1.76. The van der Waals surface area contributed by atoms with Gasteiger partial charge in [0, 0.05) is 0 Å². The molecule has 0 fully saturated rings. The summed E-state index contributed by atoms with van der Waals surface area (Å²) in [7, 11) is 0. The molecular weight excluding hydrogens is 104 g/mol. The predicted molar refractivity (Wildman–Crippen MR) is 31.8 cm³/mol. The Hall–Kier alpha value is -0.340. The first-order chi connectivity index (χ1) is 3.91. The maximum Gasteiger partial charge on any atom is 0.119 e. The molecule has 0 aliphatic rings. The summed E-state index contributed by atoms with van der Waals surface area (Å²) in [6, 6.07) is 0. The fourth-order valence-electron chi connectivity index (χ4n) is 0.243. The van der Waals surface area contributed by atoms with Crippen LogP contribution in [-0.4, -0.2) is 6.61 Å². The average molecular weight is 115 g/mol. The summed E-state index contributed by atoms with van der Waals surface area (Å²) in [5.74, 6) is 0. The third-order valence-corrected chi connectivity index (χ3v) is 0.564. The van der Waals surface area contributed by atoms with Crippen LogP contribution in [0.25, 0.3) is 0 Å². The minimum atomic E-state index is 0.515. The number of allylic oxidation sites excluding steroid dienone is 1. The monoisotopic (exact) mass is 115 g/mol. The first-order valence-electron chi connectivity index (χ1n) is 2.59. The first kappa shape index (κ1) is 7.66. The van der Waals surface area contributed by atoms with Gasteiger partial charge in [-0.25, -0.2) is 9.78 Å². The van der Waals surface area contributed by atoms with Crippen LogP contribution in [0.1, 0.15) is 13.8 Å². The lowest BCUT2D eigenvalue weighted by Crippen LogP contribution is -1.88. The van der Waals surface area contributed by atoms with E-state index in [0.29, 0.717) is 6.61 Å². The second-order valence-electron chi connectivity index (χ2n) is 1.19. The molecule has 8 heavy (non-hydrogen) atoms. The molecule has 0 atom stereocenters. The van der Waals surface area contributed by atoms with E-state index < -0.39 is 0 Å². The molecule has 0 saturated heterocycles. The van der Waals surface area contributed by atoms with E-state index in [9.17, 15) is 0 Å². The number of hydrogen-bond donors (Lipinski definition) is 0. The fraction of sp³-hybridized carbons (Fsp3) is 0.500. The first-order valence-corrected chi connectivity index (χ1v) is 2.59. The van der Waals surface area contributed by atoms with Gasteiger partial charge in [0.15, 0.2) is 0 Å². The molecule has 0 aromatic carbocycles. The standard InChI is InChI=1S/C6H11O2/c1-3-5-6-8-7-4-2/h3-5H,6H2,1-2H3. The van der Waals surface area contributed by atoms with Crippen molar-refractivity contribution in [2.45, 2.75) is 13.8 Å². The Morgan fingerprint density at radius 2 is 2.12 bits per heavy atom.